The lowest BCUT2D eigenvalue weighted by Gasteiger charge is -2.41. The van der Waals surface area contributed by atoms with E-state index in [0.29, 0.717) is 16.8 Å². The normalized spacial score (nSPS) is 16.4. The molecule has 0 saturated heterocycles. The standard InChI is InChI=1S/C15H22BrN3O/c1-3-15(6-5-7-15)10-19-14(20)12-8-11(16)9-18-13(12)17-4-2/h8-9H,3-7,10H2,1-2H3,(H,17,18)(H,19,20). The molecule has 0 aromatic carbocycles. The first-order chi connectivity index (χ1) is 9.60. The minimum atomic E-state index is -0.0468. The highest BCUT2D eigenvalue weighted by Crippen LogP contribution is 2.43. The van der Waals surface area contributed by atoms with E-state index in [1.807, 2.05) is 13.0 Å². The summed E-state index contributed by atoms with van der Waals surface area (Å²) in [6.45, 7) is 5.70. The highest BCUT2D eigenvalue weighted by molar-refractivity contribution is 9.10. The van der Waals surface area contributed by atoms with Gasteiger partial charge in [-0.2, -0.15) is 0 Å². The van der Waals surface area contributed by atoms with Crippen molar-refractivity contribution in [3.8, 4) is 0 Å². The number of nitrogens with zero attached hydrogens (tertiary/aromatic N) is 1. The van der Waals surface area contributed by atoms with E-state index in [9.17, 15) is 4.79 Å². The van der Waals surface area contributed by atoms with Crippen molar-refractivity contribution in [2.45, 2.75) is 39.5 Å². The molecule has 1 heterocycles. The van der Waals surface area contributed by atoms with E-state index in [1.165, 1.54) is 19.3 Å². The Morgan fingerprint density at radius 3 is 2.75 bits per heavy atom. The summed E-state index contributed by atoms with van der Waals surface area (Å²) >= 11 is 3.37. The third-order valence-corrected chi connectivity index (χ3v) is 4.67. The number of nitrogens with one attached hydrogen (secondary N) is 2. The fourth-order valence-corrected chi connectivity index (χ4v) is 2.95. The molecule has 0 bridgehead atoms. The number of carbonyl (C=O) groups excluding carboxylic acids is 1. The second kappa shape index (κ2) is 6.57. The largest absolute Gasteiger partial charge is 0.370 e. The Morgan fingerprint density at radius 1 is 1.45 bits per heavy atom. The zero-order valence-electron chi connectivity index (χ0n) is 12.1. The Morgan fingerprint density at radius 2 is 2.20 bits per heavy atom. The molecular weight excluding hydrogens is 318 g/mol. The van der Waals surface area contributed by atoms with Crippen molar-refractivity contribution in [1.29, 1.82) is 0 Å². The maximum Gasteiger partial charge on any atom is 0.255 e. The van der Waals surface area contributed by atoms with Gasteiger partial charge in [-0.25, -0.2) is 4.98 Å². The van der Waals surface area contributed by atoms with Crippen LogP contribution in [-0.4, -0.2) is 24.0 Å². The predicted molar refractivity (Wildman–Crippen MR) is 85.0 cm³/mol. The van der Waals surface area contributed by atoms with E-state index in [0.717, 1.165) is 24.0 Å². The smallest absolute Gasteiger partial charge is 0.255 e. The molecule has 0 unspecified atom stereocenters. The number of anilines is 1. The first-order valence-electron chi connectivity index (χ1n) is 7.28. The van der Waals surface area contributed by atoms with E-state index in [-0.39, 0.29) is 5.91 Å². The third-order valence-electron chi connectivity index (χ3n) is 4.23. The van der Waals surface area contributed by atoms with Crippen molar-refractivity contribution in [3.05, 3.63) is 22.3 Å². The van der Waals surface area contributed by atoms with Crippen LogP contribution >= 0.6 is 15.9 Å². The van der Waals surface area contributed by atoms with E-state index < -0.39 is 0 Å². The van der Waals surface area contributed by atoms with Gasteiger partial charge in [0.25, 0.3) is 5.91 Å². The zero-order valence-corrected chi connectivity index (χ0v) is 13.7. The Labute approximate surface area is 128 Å². The van der Waals surface area contributed by atoms with Gasteiger partial charge in [0.1, 0.15) is 5.82 Å². The number of aromatic nitrogens is 1. The molecule has 1 saturated carbocycles. The van der Waals surface area contributed by atoms with Crippen molar-refractivity contribution in [2.24, 2.45) is 5.41 Å². The molecule has 1 aliphatic rings. The van der Waals surface area contributed by atoms with Gasteiger partial charge in [-0.1, -0.05) is 13.3 Å². The maximum absolute atomic E-state index is 12.4. The van der Waals surface area contributed by atoms with Crippen LogP contribution in [-0.2, 0) is 0 Å². The molecule has 1 aliphatic carbocycles. The lowest BCUT2D eigenvalue weighted by Crippen LogP contribution is -2.41. The van der Waals surface area contributed by atoms with E-state index in [4.69, 9.17) is 0 Å². The molecule has 0 radical (unpaired) electrons. The van der Waals surface area contributed by atoms with E-state index in [2.05, 4.69) is 38.5 Å². The number of halogens is 1. The number of carbonyl (C=O) groups is 1. The van der Waals surface area contributed by atoms with Crippen molar-refractivity contribution >= 4 is 27.7 Å². The Hall–Kier alpha value is -1.10. The van der Waals surface area contributed by atoms with Gasteiger partial charge in [-0.3, -0.25) is 4.79 Å². The van der Waals surface area contributed by atoms with Crippen LogP contribution in [0.15, 0.2) is 16.7 Å². The molecule has 1 fully saturated rings. The Kier molecular flexibility index (Phi) is 5.02. The number of rotatable bonds is 6. The first-order valence-corrected chi connectivity index (χ1v) is 8.07. The highest BCUT2D eigenvalue weighted by atomic mass is 79.9. The Balaban J connectivity index is 2.06. The first kappa shape index (κ1) is 15.3. The molecule has 1 amide bonds. The van der Waals surface area contributed by atoms with Gasteiger partial charge in [-0.15, -0.1) is 0 Å². The number of hydrogen-bond donors (Lipinski definition) is 2. The van der Waals surface area contributed by atoms with Gasteiger partial charge < -0.3 is 10.6 Å². The molecule has 5 heteroatoms. The summed E-state index contributed by atoms with van der Waals surface area (Å²) in [5, 5.41) is 6.21. The van der Waals surface area contributed by atoms with Crippen molar-refractivity contribution in [2.75, 3.05) is 18.4 Å². The summed E-state index contributed by atoms with van der Waals surface area (Å²) in [4.78, 5) is 16.7. The molecule has 0 spiro atoms. The second-order valence-electron chi connectivity index (χ2n) is 5.47. The van der Waals surface area contributed by atoms with E-state index >= 15 is 0 Å². The summed E-state index contributed by atoms with van der Waals surface area (Å²) in [5.41, 5.74) is 0.930. The molecule has 2 N–H and O–H groups in total. The summed E-state index contributed by atoms with van der Waals surface area (Å²) in [6, 6.07) is 1.82. The number of pyridine rings is 1. The molecule has 0 aliphatic heterocycles. The van der Waals surface area contributed by atoms with Crippen molar-refractivity contribution in [3.63, 3.8) is 0 Å². The summed E-state index contributed by atoms with van der Waals surface area (Å²) < 4.78 is 0.818. The molecule has 0 atom stereocenters. The fraction of sp³-hybridized carbons (Fsp3) is 0.600. The molecule has 4 nitrogen and oxygen atoms in total. The van der Waals surface area contributed by atoms with Crippen LogP contribution in [0.2, 0.25) is 0 Å². The average Bonchev–Trinajstić information content (AvgIpc) is 2.40. The highest BCUT2D eigenvalue weighted by Gasteiger charge is 2.35. The van der Waals surface area contributed by atoms with Crippen LogP contribution in [0.25, 0.3) is 0 Å². The topological polar surface area (TPSA) is 54.0 Å². The SMILES string of the molecule is CCNc1ncc(Br)cc1C(=O)NCC1(CC)CCC1. The lowest BCUT2D eigenvalue weighted by atomic mass is 9.67. The molecular formula is C15H22BrN3O. The molecule has 1 aromatic heterocycles. The summed E-state index contributed by atoms with van der Waals surface area (Å²) in [6.07, 6.45) is 6.56. The lowest BCUT2D eigenvalue weighted by molar-refractivity contribution is 0.0850. The third kappa shape index (κ3) is 3.32. The maximum atomic E-state index is 12.4. The predicted octanol–water partition coefficient (Wildman–Crippen LogP) is 3.59. The van der Waals surface area contributed by atoms with Crippen LogP contribution in [0.4, 0.5) is 5.82 Å². The molecule has 110 valence electrons. The number of hydrogen-bond acceptors (Lipinski definition) is 3. The fourth-order valence-electron chi connectivity index (χ4n) is 2.62. The molecule has 20 heavy (non-hydrogen) atoms. The van der Waals surface area contributed by atoms with Gasteiger partial charge in [0, 0.05) is 23.8 Å². The van der Waals surface area contributed by atoms with Crippen LogP contribution in [0.1, 0.15) is 49.9 Å². The molecule has 1 aromatic rings. The minimum Gasteiger partial charge on any atom is -0.370 e. The quantitative estimate of drug-likeness (QED) is 0.832. The van der Waals surface area contributed by atoms with Crippen LogP contribution in [0.5, 0.6) is 0 Å². The summed E-state index contributed by atoms with van der Waals surface area (Å²) in [5.74, 6) is 0.599. The summed E-state index contributed by atoms with van der Waals surface area (Å²) in [7, 11) is 0. The van der Waals surface area contributed by atoms with Crippen LogP contribution in [0, 0.1) is 5.41 Å². The van der Waals surface area contributed by atoms with Crippen molar-refractivity contribution in [1.82, 2.24) is 10.3 Å². The van der Waals surface area contributed by atoms with Gasteiger partial charge in [-0.05, 0) is 53.6 Å². The zero-order chi connectivity index (χ0) is 14.6. The minimum absolute atomic E-state index is 0.0468. The molecule has 2 rings (SSSR count). The average molecular weight is 340 g/mol. The van der Waals surface area contributed by atoms with Crippen LogP contribution in [0.3, 0.4) is 0 Å². The van der Waals surface area contributed by atoms with Gasteiger partial charge in [0.15, 0.2) is 0 Å². The van der Waals surface area contributed by atoms with Crippen LogP contribution < -0.4 is 10.6 Å². The van der Waals surface area contributed by atoms with E-state index in [1.54, 1.807) is 6.20 Å². The van der Waals surface area contributed by atoms with Crippen molar-refractivity contribution < 1.29 is 4.79 Å². The van der Waals surface area contributed by atoms with Gasteiger partial charge >= 0.3 is 0 Å². The Bertz CT molecular complexity index is 480. The number of amides is 1. The van der Waals surface area contributed by atoms with Gasteiger partial charge in [0.05, 0.1) is 5.56 Å². The second-order valence-corrected chi connectivity index (χ2v) is 6.39. The van der Waals surface area contributed by atoms with Gasteiger partial charge in [0.2, 0.25) is 0 Å². The monoisotopic (exact) mass is 339 g/mol.